The SMILES string of the molecule is CC(C)c1nc(-c2cc(F)cc(Cl)c2)[nH]c(=O)c1Br. The Balaban J connectivity index is 2.66. The Hall–Kier alpha value is -1.20. The number of aromatic amines is 1. The molecule has 0 unspecified atom stereocenters. The van der Waals surface area contributed by atoms with Gasteiger partial charge in [-0.25, -0.2) is 9.37 Å². The highest BCUT2D eigenvalue weighted by molar-refractivity contribution is 9.10. The van der Waals surface area contributed by atoms with Gasteiger partial charge in [-0.15, -0.1) is 0 Å². The maximum atomic E-state index is 13.3. The first-order chi connectivity index (χ1) is 8.88. The van der Waals surface area contributed by atoms with Crippen LogP contribution in [0, 0.1) is 5.82 Å². The number of rotatable bonds is 2. The molecule has 1 N–H and O–H groups in total. The van der Waals surface area contributed by atoms with Crippen LogP contribution in [0.1, 0.15) is 25.5 Å². The maximum absolute atomic E-state index is 13.3. The second-order valence-corrected chi connectivity index (χ2v) is 5.66. The molecule has 0 amide bonds. The van der Waals surface area contributed by atoms with E-state index in [0.29, 0.717) is 21.6 Å². The van der Waals surface area contributed by atoms with E-state index in [4.69, 9.17) is 11.6 Å². The van der Waals surface area contributed by atoms with Crippen LogP contribution in [-0.2, 0) is 0 Å². The number of nitrogens with zero attached hydrogens (tertiary/aromatic N) is 1. The third-order valence-corrected chi connectivity index (χ3v) is 3.56. The van der Waals surface area contributed by atoms with E-state index in [2.05, 4.69) is 25.9 Å². The number of aromatic nitrogens is 2. The molecule has 2 rings (SSSR count). The fourth-order valence-electron chi connectivity index (χ4n) is 1.69. The zero-order valence-electron chi connectivity index (χ0n) is 10.3. The van der Waals surface area contributed by atoms with Gasteiger partial charge in [0.2, 0.25) is 0 Å². The Morgan fingerprint density at radius 3 is 2.63 bits per heavy atom. The minimum absolute atomic E-state index is 0.0689. The monoisotopic (exact) mass is 344 g/mol. The van der Waals surface area contributed by atoms with Crippen LogP contribution in [0.25, 0.3) is 11.4 Å². The predicted molar refractivity (Wildman–Crippen MR) is 77.1 cm³/mol. The van der Waals surface area contributed by atoms with Crippen molar-refractivity contribution in [2.24, 2.45) is 0 Å². The van der Waals surface area contributed by atoms with Crippen LogP contribution < -0.4 is 5.56 Å². The first-order valence-corrected chi connectivity index (χ1v) is 6.81. The summed E-state index contributed by atoms with van der Waals surface area (Å²) in [6.07, 6.45) is 0. The van der Waals surface area contributed by atoms with E-state index >= 15 is 0 Å². The van der Waals surface area contributed by atoms with Gasteiger partial charge < -0.3 is 4.98 Å². The van der Waals surface area contributed by atoms with E-state index < -0.39 is 5.82 Å². The summed E-state index contributed by atoms with van der Waals surface area (Å²) in [4.78, 5) is 18.8. The molecule has 0 fully saturated rings. The Bertz CT molecular complexity index is 665. The van der Waals surface area contributed by atoms with Crippen molar-refractivity contribution in [3.8, 4) is 11.4 Å². The van der Waals surface area contributed by atoms with Crippen LogP contribution in [0.3, 0.4) is 0 Å². The molecule has 1 aromatic carbocycles. The molecule has 0 saturated heterocycles. The molecule has 0 atom stereocenters. The normalized spacial score (nSPS) is 11.1. The fourth-order valence-corrected chi connectivity index (χ4v) is 2.55. The summed E-state index contributed by atoms with van der Waals surface area (Å²) in [5.41, 5.74) is 0.768. The molecule has 0 spiro atoms. The van der Waals surface area contributed by atoms with Gasteiger partial charge in [0, 0.05) is 10.6 Å². The average molecular weight is 346 g/mol. The first kappa shape index (κ1) is 14.2. The number of nitrogens with one attached hydrogen (secondary N) is 1. The summed E-state index contributed by atoms with van der Waals surface area (Å²) in [6, 6.07) is 4.04. The van der Waals surface area contributed by atoms with Crippen LogP contribution in [0.2, 0.25) is 5.02 Å². The molecule has 0 radical (unpaired) electrons. The lowest BCUT2D eigenvalue weighted by Gasteiger charge is -2.09. The molecule has 1 aromatic heterocycles. The summed E-state index contributed by atoms with van der Waals surface area (Å²) in [5, 5.41) is 0.256. The van der Waals surface area contributed by atoms with Gasteiger partial charge in [-0.2, -0.15) is 0 Å². The third-order valence-electron chi connectivity index (χ3n) is 2.57. The first-order valence-electron chi connectivity index (χ1n) is 5.64. The van der Waals surface area contributed by atoms with Crippen LogP contribution in [0.4, 0.5) is 4.39 Å². The van der Waals surface area contributed by atoms with Gasteiger partial charge in [0.25, 0.3) is 5.56 Å². The second kappa shape index (κ2) is 5.43. The molecular weight excluding hydrogens is 335 g/mol. The predicted octanol–water partition coefficient (Wildman–Crippen LogP) is 4.12. The largest absolute Gasteiger partial charge is 0.306 e. The van der Waals surface area contributed by atoms with Crippen molar-refractivity contribution >= 4 is 27.5 Å². The molecule has 0 aliphatic rings. The molecule has 0 aliphatic carbocycles. The standard InChI is InChI=1S/C13H11BrClFN2O/c1-6(2)11-10(14)13(19)18-12(17-11)7-3-8(15)5-9(16)4-7/h3-6H,1-2H3,(H,17,18,19). The molecule has 19 heavy (non-hydrogen) atoms. The van der Waals surface area contributed by atoms with E-state index in [1.165, 1.54) is 12.1 Å². The highest BCUT2D eigenvalue weighted by atomic mass is 79.9. The highest BCUT2D eigenvalue weighted by Crippen LogP contribution is 2.24. The van der Waals surface area contributed by atoms with Gasteiger partial charge in [0.05, 0.1) is 5.69 Å². The quantitative estimate of drug-likeness (QED) is 0.890. The van der Waals surface area contributed by atoms with Gasteiger partial charge in [0.15, 0.2) is 0 Å². The Morgan fingerprint density at radius 2 is 2.05 bits per heavy atom. The van der Waals surface area contributed by atoms with Crippen molar-refractivity contribution in [3.63, 3.8) is 0 Å². The van der Waals surface area contributed by atoms with Crippen molar-refractivity contribution in [3.05, 3.63) is 49.6 Å². The molecule has 0 aliphatic heterocycles. The van der Waals surface area contributed by atoms with Crippen LogP contribution in [0.5, 0.6) is 0 Å². The number of hydrogen-bond acceptors (Lipinski definition) is 2. The number of hydrogen-bond donors (Lipinski definition) is 1. The van der Waals surface area contributed by atoms with Gasteiger partial charge in [-0.1, -0.05) is 25.4 Å². The van der Waals surface area contributed by atoms with Gasteiger partial charge in [-0.3, -0.25) is 4.79 Å². The minimum atomic E-state index is -0.473. The lowest BCUT2D eigenvalue weighted by atomic mass is 10.1. The van der Waals surface area contributed by atoms with Crippen LogP contribution >= 0.6 is 27.5 Å². The van der Waals surface area contributed by atoms with E-state index in [0.717, 1.165) is 0 Å². The van der Waals surface area contributed by atoms with Gasteiger partial charge >= 0.3 is 0 Å². The molecule has 1 heterocycles. The number of H-pyrrole nitrogens is 1. The Kier molecular flexibility index (Phi) is 4.06. The topological polar surface area (TPSA) is 45.8 Å². The number of benzene rings is 1. The molecule has 0 saturated carbocycles. The molecule has 2 aromatic rings. The lowest BCUT2D eigenvalue weighted by Crippen LogP contribution is -2.14. The van der Waals surface area contributed by atoms with Crippen molar-refractivity contribution in [2.75, 3.05) is 0 Å². The van der Waals surface area contributed by atoms with Crippen molar-refractivity contribution in [2.45, 2.75) is 19.8 Å². The fraction of sp³-hybridized carbons (Fsp3) is 0.231. The summed E-state index contributed by atoms with van der Waals surface area (Å²) < 4.78 is 13.7. The lowest BCUT2D eigenvalue weighted by molar-refractivity contribution is 0.628. The average Bonchev–Trinajstić information content (AvgIpc) is 2.30. The van der Waals surface area contributed by atoms with Crippen LogP contribution in [0.15, 0.2) is 27.5 Å². The zero-order valence-corrected chi connectivity index (χ0v) is 12.6. The maximum Gasteiger partial charge on any atom is 0.265 e. The van der Waals surface area contributed by atoms with Crippen LogP contribution in [-0.4, -0.2) is 9.97 Å². The summed E-state index contributed by atoms with van der Waals surface area (Å²) in [6.45, 7) is 3.85. The van der Waals surface area contributed by atoms with Crippen molar-refractivity contribution in [1.29, 1.82) is 0 Å². The van der Waals surface area contributed by atoms with E-state index in [-0.39, 0.29) is 16.5 Å². The van der Waals surface area contributed by atoms with Gasteiger partial charge in [0.1, 0.15) is 16.1 Å². The van der Waals surface area contributed by atoms with E-state index in [1.54, 1.807) is 6.07 Å². The molecule has 100 valence electrons. The molecular formula is C13H11BrClFN2O. The minimum Gasteiger partial charge on any atom is -0.306 e. The van der Waals surface area contributed by atoms with Crippen molar-refractivity contribution < 1.29 is 4.39 Å². The molecule has 6 heteroatoms. The Labute approximate surface area is 123 Å². The highest BCUT2D eigenvalue weighted by Gasteiger charge is 2.14. The number of halogens is 3. The van der Waals surface area contributed by atoms with E-state index in [9.17, 15) is 9.18 Å². The van der Waals surface area contributed by atoms with Crippen molar-refractivity contribution in [1.82, 2.24) is 9.97 Å². The molecule has 3 nitrogen and oxygen atoms in total. The smallest absolute Gasteiger partial charge is 0.265 e. The summed E-state index contributed by atoms with van der Waals surface area (Å²) in [7, 11) is 0. The summed E-state index contributed by atoms with van der Waals surface area (Å²) in [5.74, 6) is -0.100. The second-order valence-electron chi connectivity index (χ2n) is 4.43. The third kappa shape index (κ3) is 3.04. The van der Waals surface area contributed by atoms with E-state index in [1.807, 2.05) is 13.8 Å². The Morgan fingerprint density at radius 1 is 1.37 bits per heavy atom. The zero-order chi connectivity index (χ0) is 14.2. The van der Waals surface area contributed by atoms with Gasteiger partial charge in [-0.05, 0) is 40.0 Å². The summed E-state index contributed by atoms with van der Waals surface area (Å²) >= 11 is 9.01. The molecule has 0 bridgehead atoms.